The lowest BCUT2D eigenvalue weighted by atomic mass is 10.1. The average molecular weight is 308 g/mol. The van der Waals surface area contributed by atoms with Gasteiger partial charge in [0.2, 0.25) is 0 Å². The van der Waals surface area contributed by atoms with Gasteiger partial charge < -0.3 is 5.11 Å². The first-order valence-electron chi connectivity index (χ1n) is 7.08. The molecule has 114 valence electrons. The van der Waals surface area contributed by atoms with Crippen molar-refractivity contribution in [1.29, 1.82) is 0 Å². The monoisotopic (exact) mass is 308 g/mol. The van der Waals surface area contributed by atoms with Gasteiger partial charge in [-0.05, 0) is 23.6 Å². The van der Waals surface area contributed by atoms with Crippen LogP contribution < -0.4 is 0 Å². The van der Waals surface area contributed by atoms with Crippen molar-refractivity contribution in [3.8, 4) is 0 Å². The summed E-state index contributed by atoms with van der Waals surface area (Å²) in [6.07, 6.45) is 1.25. The second kappa shape index (κ2) is 7.64. The van der Waals surface area contributed by atoms with E-state index in [2.05, 4.69) is 23.7 Å². The largest absolute Gasteiger partial charge is 0.387 e. The van der Waals surface area contributed by atoms with Gasteiger partial charge in [-0.25, -0.2) is 4.39 Å². The van der Waals surface area contributed by atoms with Crippen molar-refractivity contribution in [1.82, 2.24) is 9.88 Å². The van der Waals surface area contributed by atoms with Crippen molar-refractivity contribution in [3.05, 3.63) is 52.2 Å². The minimum Gasteiger partial charge on any atom is -0.387 e. The van der Waals surface area contributed by atoms with Crippen LogP contribution in [0.3, 0.4) is 0 Å². The second-order valence-corrected chi connectivity index (χ2v) is 6.59. The smallest absolute Gasteiger partial charge is 0.123 e. The van der Waals surface area contributed by atoms with Crippen LogP contribution >= 0.6 is 11.3 Å². The Bertz CT molecular complexity index is 528. The van der Waals surface area contributed by atoms with Crippen LogP contribution in [0.1, 0.15) is 30.4 Å². The van der Waals surface area contributed by atoms with E-state index >= 15 is 0 Å². The first-order chi connectivity index (χ1) is 10.0. The normalized spacial score (nSPS) is 13.0. The maximum Gasteiger partial charge on any atom is 0.123 e. The van der Waals surface area contributed by atoms with Crippen molar-refractivity contribution >= 4 is 11.3 Å². The molecule has 0 aliphatic rings. The topological polar surface area (TPSA) is 36.4 Å². The molecule has 21 heavy (non-hydrogen) atoms. The van der Waals surface area contributed by atoms with Crippen LogP contribution in [0.15, 0.2) is 36.0 Å². The number of hydrogen-bond acceptors (Lipinski definition) is 4. The molecule has 0 aliphatic carbocycles. The highest BCUT2D eigenvalue weighted by molar-refractivity contribution is 7.09. The fourth-order valence-electron chi connectivity index (χ4n) is 2.30. The van der Waals surface area contributed by atoms with E-state index in [1.807, 2.05) is 11.7 Å². The van der Waals surface area contributed by atoms with Gasteiger partial charge in [0, 0.05) is 30.7 Å². The van der Waals surface area contributed by atoms with Gasteiger partial charge in [0.15, 0.2) is 0 Å². The van der Waals surface area contributed by atoms with E-state index in [-0.39, 0.29) is 5.82 Å². The SMILES string of the molecule is CC(C)CN(Cc1cncs1)CC(O)c1ccc(F)cc1. The Labute approximate surface area is 129 Å². The number of halogens is 1. The summed E-state index contributed by atoms with van der Waals surface area (Å²) in [5, 5.41) is 10.3. The maximum atomic E-state index is 12.9. The zero-order valence-electron chi connectivity index (χ0n) is 12.4. The van der Waals surface area contributed by atoms with E-state index in [1.54, 1.807) is 23.5 Å². The number of aromatic nitrogens is 1. The highest BCUT2D eigenvalue weighted by Gasteiger charge is 2.16. The summed E-state index contributed by atoms with van der Waals surface area (Å²) < 4.78 is 12.9. The van der Waals surface area contributed by atoms with Gasteiger partial charge in [-0.3, -0.25) is 9.88 Å². The van der Waals surface area contributed by atoms with E-state index in [1.165, 1.54) is 17.0 Å². The van der Waals surface area contributed by atoms with Gasteiger partial charge in [0.25, 0.3) is 0 Å². The molecule has 0 saturated carbocycles. The average Bonchev–Trinajstić information content (AvgIpc) is 2.91. The van der Waals surface area contributed by atoms with Crippen molar-refractivity contribution in [2.75, 3.05) is 13.1 Å². The van der Waals surface area contributed by atoms with Gasteiger partial charge >= 0.3 is 0 Å². The predicted octanol–water partition coefficient (Wildman–Crippen LogP) is 3.47. The number of thiazole rings is 1. The summed E-state index contributed by atoms with van der Waals surface area (Å²) in [5.74, 6) is 0.230. The Hall–Kier alpha value is -1.30. The molecular formula is C16H21FN2OS. The van der Waals surface area contributed by atoms with E-state index < -0.39 is 6.10 Å². The van der Waals surface area contributed by atoms with Crippen LogP contribution in [-0.2, 0) is 6.54 Å². The molecule has 0 spiro atoms. The lowest BCUT2D eigenvalue weighted by Crippen LogP contribution is -2.31. The number of hydrogen-bond donors (Lipinski definition) is 1. The Kier molecular flexibility index (Phi) is 5.85. The summed E-state index contributed by atoms with van der Waals surface area (Å²) >= 11 is 1.62. The third-order valence-electron chi connectivity index (χ3n) is 3.17. The number of aliphatic hydroxyl groups is 1. The molecular weight excluding hydrogens is 287 g/mol. The van der Waals surface area contributed by atoms with Crippen LogP contribution in [0.2, 0.25) is 0 Å². The summed E-state index contributed by atoms with van der Waals surface area (Å²) in [7, 11) is 0. The molecule has 1 heterocycles. The van der Waals surface area contributed by atoms with E-state index in [0.29, 0.717) is 12.5 Å². The lowest BCUT2D eigenvalue weighted by Gasteiger charge is -2.26. The molecule has 1 N–H and O–H groups in total. The van der Waals surface area contributed by atoms with Crippen LogP contribution in [-0.4, -0.2) is 28.1 Å². The Morgan fingerprint density at radius 1 is 1.24 bits per heavy atom. The summed E-state index contributed by atoms with van der Waals surface area (Å²) in [5.41, 5.74) is 2.56. The minimum atomic E-state index is -0.614. The molecule has 0 amide bonds. The summed E-state index contributed by atoms with van der Waals surface area (Å²) in [6, 6.07) is 6.05. The molecule has 2 rings (SSSR count). The molecule has 1 atom stereocenters. The molecule has 2 aromatic rings. The zero-order valence-corrected chi connectivity index (χ0v) is 13.2. The van der Waals surface area contributed by atoms with Crippen LogP contribution in [0, 0.1) is 11.7 Å². The first kappa shape index (κ1) is 16.1. The highest BCUT2D eigenvalue weighted by Crippen LogP contribution is 2.18. The second-order valence-electron chi connectivity index (χ2n) is 5.62. The molecule has 0 saturated heterocycles. The molecule has 0 fully saturated rings. The summed E-state index contributed by atoms with van der Waals surface area (Å²) in [4.78, 5) is 7.49. The van der Waals surface area contributed by atoms with Crippen molar-refractivity contribution in [2.24, 2.45) is 5.92 Å². The van der Waals surface area contributed by atoms with Gasteiger partial charge in [0.05, 0.1) is 11.6 Å². The lowest BCUT2D eigenvalue weighted by molar-refractivity contribution is 0.102. The highest BCUT2D eigenvalue weighted by atomic mass is 32.1. The number of nitrogens with zero attached hydrogens (tertiary/aromatic N) is 2. The molecule has 1 aromatic heterocycles. The number of benzene rings is 1. The molecule has 0 bridgehead atoms. The van der Waals surface area contributed by atoms with E-state index in [4.69, 9.17) is 0 Å². The molecule has 1 unspecified atom stereocenters. The molecule has 3 nitrogen and oxygen atoms in total. The Morgan fingerprint density at radius 2 is 1.95 bits per heavy atom. The number of rotatable bonds is 7. The predicted molar refractivity (Wildman–Crippen MR) is 83.6 cm³/mol. The molecule has 0 aliphatic heterocycles. The quantitative estimate of drug-likeness (QED) is 0.851. The fourth-order valence-corrected chi connectivity index (χ4v) is 2.93. The van der Waals surface area contributed by atoms with Crippen molar-refractivity contribution < 1.29 is 9.50 Å². The van der Waals surface area contributed by atoms with Crippen LogP contribution in [0.4, 0.5) is 4.39 Å². The van der Waals surface area contributed by atoms with Crippen molar-refractivity contribution in [2.45, 2.75) is 26.5 Å². The van der Waals surface area contributed by atoms with Crippen molar-refractivity contribution in [3.63, 3.8) is 0 Å². The molecule has 5 heteroatoms. The third kappa shape index (κ3) is 5.19. The van der Waals surface area contributed by atoms with E-state index in [9.17, 15) is 9.50 Å². The standard InChI is InChI=1S/C16H21FN2OS/c1-12(2)8-19(9-15-7-18-11-21-15)10-16(20)13-3-5-14(17)6-4-13/h3-7,11-12,16,20H,8-10H2,1-2H3. The zero-order chi connectivity index (χ0) is 15.2. The first-order valence-corrected chi connectivity index (χ1v) is 7.96. The molecule has 1 aromatic carbocycles. The third-order valence-corrected chi connectivity index (χ3v) is 3.94. The van der Waals surface area contributed by atoms with Crippen LogP contribution in [0.5, 0.6) is 0 Å². The van der Waals surface area contributed by atoms with Crippen LogP contribution in [0.25, 0.3) is 0 Å². The summed E-state index contributed by atoms with van der Waals surface area (Å²) in [6.45, 7) is 6.52. The Balaban J connectivity index is 2.01. The number of aliphatic hydroxyl groups excluding tert-OH is 1. The van der Waals surface area contributed by atoms with Gasteiger partial charge in [-0.2, -0.15) is 0 Å². The fraction of sp³-hybridized carbons (Fsp3) is 0.438. The van der Waals surface area contributed by atoms with E-state index in [0.717, 1.165) is 18.7 Å². The molecule has 0 radical (unpaired) electrons. The van der Waals surface area contributed by atoms with Gasteiger partial charge in [-0.15, -0.1) is 11.3 Å². The van der Waals surface area contributed by atoms with Gasteiger partial charge in [-0.1, -0.05) is 26.0 Å². The van der Waals surface area contributed by atoms with Gasteiger partial charge in [0.1, 0.15) is 5.82 Å². The Morgan fingerprint density at radius 3 is 2.52 bits per heavy atom. The minimum absolute atomic E-state index is 0.283. The maximum absolute atomic E-state index is 12.9.